The van der Waals surface area contributed by atoms with Gasteiger partial charge in [-0.3, -0.25) is 0 Å². The van der Waals surface area contributed by atoms with E-state index >= 15 is 0 Å². The fourth-order valence-corrected chi connectivity index (χ4v) is 0.796. The van der Waals surface area contributed by atoms with E-state index in [-0.39, 0.29) is 0 Å². The Kier molecular flexibility index (Phi) is 10.3. The number of hydrogen-bond acceptors (Lipinski definition) is 0. The minimum Gasteiger partial charge on any atom is -0.0991 e. The van der Waals surface area contributed by atoms with Crippen LogP contribution in [0.2, 0.25) is 0 Å². The summed E-state index contributed by atoms with van der Waals surface area (Å²) < 4.78 is 0. The van der Waals surface area contributed by atoms with E-state index in [2.05, 4.69) is 25.0 Å². The lowest BCUT2D eigenvalue weighted by Crippen LogP contribution is -1.62. The van der Waals surface area contributed by atoms with Crippen molar-refractivity contribution in [3.63, 3.8) is 0 Å². The SMILES string of the molecule is C=C/C=C\C=CC=C=C=CCCCC. The van der Waals surface area contributed by atoms with Gasteiger partial charge in [-0.2, -0.15) is 0 Å². The van der Waals surface area contributed by atoms with Crippen LogP contribution in [-0.2, 0) is 0 Å². The molecule has 0 aromatic carbocycles. The summed E-state index contributed by atoms with van der Waals surface area (Å²) in [5.74, 6) is 0. The molecule has 0 heterocycles. The smallest absolute Gasteiger partial charge is 0.0115 e. The molecule has 0 saturated heterocycles. The second-order valence-corrected chi connectivity index (χ2v) is 2.81. The molecule has 0 aliphatic rings. The third kappa shape index (κ3) is 10.5. The predicted molar refractivity (Wildman–Crippen MR) is 64.2 cm³/mol. The summed E-state index contributed by atoms with van der Waals surface area (Å²) in [7, 11) is 0. The maximum atomic E-state index is 3.57. The van der Waals surface area contributed by atoms with Crippen LogP contribution in [0.1, 0.15) is 26.2 Å². The highest BCUT2D eigenvalue weighted by molar-refractivity contribution is 5.13. The van der Waals surface area contributed by atoms with Crippen LogP contribution in [-0.4, -0.2) is 0 Å². The highest BCUT2D eigenvalue weighted by Gasteiger charge is 1.73. The maximum absolute atomic E-state index is 3.57. The zero-order valence-corrected chi connectivity index (χ0v) is 8.87. The minimum atomic E-state index is 1.09. The summed E-state index contributed by atoms with van der Waals surface area (Å²) >= 11 is 0. The van der Waals surface area contributed by atoms with Crippen LogP contribution in [0.4, 0.5) is 0 Å². The Morgan fingerprint density at radius 3 is 2.57 bits per heavy atom. The van der Waals surface area contributed by atoms with Crippen molar-refractivity contribution in [2.75, 3.05) is 0 Å². The first-order valence-corrected chi connectivity index (χ1v) is 5.02. The second kappa shape index (κ2) is 11.5. The monoisotopic (exact) mass is 186 g/mol. The Balaban J connectivity index is 3.80. The molecule has 0 aliphatic heterocycles. The molecule has 0 aromatic heterocycles. The molecule has 0 atom stereocenters. The van der Waals surface area contributed by atoms with Gasteiger partial charge >= 0.3 is 0 Å². The van der Waals surface area contributed by atoms with Crippen LogP contribution in [0.15, 0.2) is 60.6 Å². The van der Waals surface area contributed by atoms with Gasteiger partial charge in [-0.05, 0) is 25.0 Å². The number of hydrogen-bond donors (Lipinski definition) is 0. The van der Waals surface area contributed by atoms with Gasteiger partial charge in [-0.15, -0.1) is 0 Å². The van der Waals surface area contributed by atoms with Crippen molar-refractivity contribution in [1.82, 2.24) is 0 Å². The van der Waals surface area contributed by atoms with Crippen LogP contribution in [0.25, 0.3) is 0 Å². The molecule has 0 radical (unpaired) electrons. The van der Waals surface area contributed by atoms with Crippen molar-refractivity contribution in [2.45, 2.75) is 26.2 Å². The average molecular weight is 186 g/mol. The van der Waals surface area contributed by atoms with Crippen LogP contribution in [0, 0.1) is 0 Å². The van der Waals surface area contributed by atoms with Crippen molar-refractivity contribution in [3.05, 3.63) is 60.6 Å². The van der Waals surface area contributed by atoms with Gasteiger partial charge in [0.05, 0.1) is 0 Å². The van der Waals surface area contributed by atoms with Gasteiger partial charge in [-0.1, -0.05) is 61.8 Å². The number of rotatable bonds is 6. The van der Waals surface area contributed by atoms with Gasteiger partial charge in [0.1, 0.15) is 0 Å². The molecule has 0 rings (SSSR count). The topological polar surface area (TPSA) is 0 Å². The molecule has 0 spiro atoms. The Morgan fingerprint density at radius 1 is 1.07 bits per heavy atom. The van der Waals surface area contributed by atoms with E-state index in [1.54, 1.807) is 6.08 Å². The summed E-state index contributed by atoms with van der Waals surface area (Å²) in [6, 6.07) is 0. The molecule has 14 heavy (non-hydrogen) atoms. The van der Waals surface area contributed by atoms with E-state index in [4.69, 9.17) is 0 Å². The van der Waals surface area contributed by atoms with Gasteiger partial charge in [-0.25, -0.2) is 0 Å². The lowest BCUT2D eigenvalue weighted by Gasteiger charge is -1.82. The van der Waals surface area contributed by atoms with Crippen molar-refractivity contribution >= 4 is 0 Å². The molecular weight excluding hydrogens is 168 g/mol. The third-order valence-corrected chi connectivity index (χ3v) is 1.54. The van der Waals surface area contributed by atoms with E-state index in [1.807, 2.05) is 36.5 Å². The second-order valence-electron chi connectivity index (χ2n) is 2.81. The van der Waals surface area contributed by atoms with Crippen molar-refractivity contribution in [3.8, 4) is 0 Å². The highest BCUT2D eigenvalue weighted by atomic mass is 13.8. The molecule has 0 unspecified atom stereocenters. The summed E-state index contributed by atoms with van der Waals surface area (Å²) in [5, 5.41) is 0. The molecule has 0 bridgehead atoms. The molecular formula is C14H18. The van der Waals surface area contributed by atoms with Crippen LogP contribution in [0.5, 0.6) is 0 Å². The Morgan fingerprint density at radius 2 is 1.86 bits per heavy atom. The Bertz CT molecular complexity index is 277. The molecule has 0 fully saturated rings. The lowest BCUT2D eigenvalue weighted by atomic mass is 10.2. The first-order valence-electron chi connectivity index (χ1n) is 5.02. The average Bonchev–Trinajstić information content (AvgIpc) is 2.21. The number of allylic oxidation sites excluding steroid dienone is 7. The first kappa shape index (κ1) is 12.5. The molecule has 0 saturated carbocycles. The largest absolute Gasteiger partial charge is 0.0991 e. The molecule has 0 nitrogen and oxygen atoms in total. The van der Waals surface area contributed by atoms with Gasteiger partial charge in [0.25, 0.3) is 0 Å². The fraction of sp³-hybridized carbons (Fsp3) is 0.286. The first-order chi connectivity index (χ1) is 6.91. The summed E-state index contributed by atoms with van der Waals surface area (Å²) in [6.45, 7) is 5.76. The molecule has 0 N–H and O–H groups in total. The standard InChI is InChI=1S/C14H18/c1-3-5-7-9-11-13-14-12-10-8-6-4-2/h3,5,7,9-11,13H,1,4,6,8H2,2H3/b7-5-,11-9?,13-10?. The van der Waals surface area contributed by atoms with Gasteiger partial charge in [0, 0.05) is 0 Å². The highest BCUT2D eigenvalue weighted by Crippen LogP contribution is 1.92. The summed E-state index contributed by atoms with van der Waals surface area (Å²) in [6.07, 6.45) is 16.8. The van der Waals surface area contributed by atoms with Crippen molar-refractivity contribution in [2.24, 2.45) is 0 Å². The van der Waals surface area contributed by atoms with Crippen LogP contribution in [0.3, 0.4) is 0 Å². The fourth-order valence-electron chi connectivity index (χ4n) is 0.796. The molecule has 0 aliphatic carbocycles. The van der Waals surface area contributed by atoms with Gasteiger partial charge in [0.2, 0.25) is 0 Å². The van der Waals surface area contributed by atoms with E-state index in [9.17, 15) is 0 Å². The Labute approximate surface area is 87.3 Å². The Hall–Kier alpha value is -1.48. The van der Waals surface area contributed by atoms with Gasteiger partial charge in [0.15, 0.2) is 0 Å². The summed E-state index contributed by atoms with van der Waals surface area (Å²) in [5.41, 5.74) is 5.93. The lowest BCUT2D eigenvalue weighted by molar-refractivity contribution is 0.815. The predicted octanol–water partition coefficient (Wildman–Crippen LogP) is 4.34. The van der Waals surface area contributed by atoms with E-state index in [0.717, 1.165) is 6.42 Å². The molecule has 0 heteroatoms. The third-order valence-electron chi connectivity index (χ3n) is 1.54. The molecule has 0 aromatic rings. The van der Waals surface area contributed by atoms with Crippen LogP contribution >= 0.6 is 0 Å². The summed E-state index contributed by atoms with van der Waals surface area (Å²) in [4.78, 5) is 0. The van der Waals surface area contributed by atoms with E-state index < -0.39 is 0 Å². The van der Waals surface area contributed by atoms with Crippen LogP contribution < -0.4 is 0 Å². The van der Waals surface area contributed by atoms with Gasteiger partial charge < -0.3 is 0 Å². The number of unbranched alkanes of at least 4 members (excludes halogenated alkanes) is 2. The van der Waals surface area contributed by atoms with Crippen molar-refractivity contribution < 1.29 is 0 Å². The zero-order chi connectivity index (χ0) is 10.5. The van der Waals surface area contributed by atoms with E-state index in [1.165, 1.54) is 12.8 Å². The zero-order valence-electron chi connectivity index (χ0n) is 8.87. The molecule has 74 valence electrons. The van der Waals surface area contributed by atoms with Crippen molar-refractivity contribution in [1.29, 1.82) is 0 Å². The van der Waals surface area contributed by atoms with E-state index in [0.29, 0.717) is 0 Å². The quantitative estimate of drug-likeness (QED) is 0.329. The molecule has 0 amide bonds. The normalized spacial score (nSPS) is 9.79. The minimum absolute atomic E-state index is 1.09. The maximum Gasteiger partial charge on any atom is -0.0115 e.